The molecule has 148 valence electrons. The summed E-state index contributed by atoms with van der Waals surface area (Å²) in [6.07, 6.45) is 0.729. The summed E-state index contributed by atoms with van der Waals surface area (Å²) in [6.45, 7) is 2.66. The number of hydrogen-bond donors (Lipinski definition) is 0. The van der Waals surface area contributed by atoms with Gasteiger partial charge in [0.25, 0.3) is 5.91 Å². The first-order valence-electron chi connectivity index (χ1n) is 9.07. The largest absolute Gasteiger partial charge is 0.497 e. The third kappa shape index (κ3) is 4.54. The van der Waals surface area contributed by atoms with Crippen molar-refractivity contribution in [3.63, 3.8) is 0 Å². The number of ether oxygens (including phenoxy) is 3. The maximum Gasteiger partial charge on any atom is 0.260 e. The normalized spacial score (nSPS) is 13.8. The van der Waals surface area contributed by atoms with Crippen LogP contribution in [0.2, 0.25) is 0 Å². The number of nitrogens with zero attached hydrogens (tertiary/aromatic N) is 2. The van der Waals surface area contributed by atoms with Crippen molar-refractivity contribution in [2.75, 3.05) is 51.9 Å². The summed E-state index contributed by atoms with van der Waals surface area (Å²) in [5, 5.41) is 0. The van der Waals surface area contributed by atoms with Crippen LogP contribution in [0.1, 0.15) is 10.4 Å². The van der Waals surface area contributed by atoms with E-state index in [0.29, 0.717) is 30.2 Å². The number of anilines is 1. The fourth-order valence-electron chi connectivity index (χ4n) is 3.12. The van der Waals surface area contributed by atoms with E-state index in [4.69, 9.17) is 14.2 Å². The number of methoxy groups -OCH3 is 2. The van der Waals surface area contributed by atoms with Crippen molar-refractivity contribution in [1.29, 1.82) is 0 Å². The van der Waals surface area contributed by atoms with Gasteiger partial charge in [0.15, 0.2) is 18.1 Å². The molecule has 7 nitrogen and oxygen atoms in total. The third-order valence-electron chi connectivity index (χ3n) is 4.74. The Morgan fingerprint density at radius 2 is 1.68 bits per heavy atom. The second-order valence-corrected chi connectivity index (χ2v) is 6.38. The number of amides is 1. The summed E-state index contributed by atoms with van der Waals surface area (Å²) in [4.78, 5) is 27.5. The minimum absolute atomic E-state index is 0.0899. The Balaban J connectivity index is 1.53. The Morgan fingerprint density at radius 1 is 0.964 bits per heavy atom. The minimum Gasteiger partial charge on any atom is -0.497 e. The van der Waals surface area contributed by atoms with Crippen LogP contribution >= 0.6 is 0 Å². The van der Waals surface area contributed by atoms with Gasteiger partial charge >= 0.3 is 0 Å². The number of benzene rings is 2. The van der Waals surface area contributed by atoms with Crippen molar-refractivity contribution in [1.82, 2.24) is 4.90 Å². The zero-order chi connectivity index (χ0) is 19.9. The topological polar surface area (TPSA) is 68.3 Å². The van der Waals surface area contributed by atoms with E-state index in [1.807, 2.05) is 24.3 Å². The molecule has 0 aliphatic carbocycles. The number of rotatable bonds is 7. The molecule has 1 amide bonds. The van der Waals surface area contributed by atoms with Crippen molar-refractivity contribution in [2.24, 2.45) is 0 Å². The smallest absolute Gasteiger partial charge is 0.260 e. The van der Waals surface area contributed by atoms with Gasteiger partial charge in [-0.2, -0.15) is 0 Å². The number of carbonyl (C=O) groups excluding carboxylic acids is 2. The monoisotopic (exact) mass is 384 g/mol. The molecule has 7 heteroatoms. The highest BCUT2D eigenvalue weighted by atomic mass is 16.5. The molecular weight excluding hydrogens is 360 g/mol. The maximum atomic E-state index is 12.5. The van der Waals surface area contributed by atoms with E-state index >= 15 is 0 Å². The lowest BCUT2D eigenvalue weighted by Crippen LogP contribution is -2.50. The van der Waals surface area contributed by atoms with Gasteiger partial charge in [-0.1, -0.05) is 0 Å². The molecule has 28 heavy (non-hydrogen) atoms. The lowest BCUT2D eigenvalue weighted by atomic mass is 10.2. The summed E-state index contributed by atoms with van der Waals surface area (Å²) in [7, 11) is 3.16. The molecule has 1 aliphatic rings. The molecule has 0 bridgehead atoms. The van der Waals surface area contributed by atoms with Gasteiger partial charge in [0.2, 0.25) is 0 Å². The Morgan fingerprint density at radius 3 is 2.29 bits per heavy atom. The van der Waals surface area contributed by atoms with Crippen LogP contribution in [0, 0.1) is 0 Å². The Kier molecular flexibility index (Phi) is 6.37. The fourth-order valence-corrected chi connectivity index (χ4v) is 3.12. The van der Waals surface area contributed by atoms with Crippen LogP contribution in [0.15, 0.2) is 42.5 Å². The summed E-state index contributed by atoms with van der Waals surface area (Å²) < 4.78 is 16.0. The number of hydrogen-bond acceptors (Lipinski definition) is 6. The number of piperazine rings is 1. The van der Waals surface area contributed by atoms with E-state index in [1.165, 1.54) is 7.11 Å². The first-order chi connectivity index (χ1) is 13.6. The second-order valence-electron chi connectivity index (χ2n) is 6.38. The van der Waals surface area contributed by atoms with Crippen LogP contribution < -0.4 is 19.1 Å². The number of aldehydes is 1. The average Bonchev–Trinajstić information content (AvgIpc) is 2.77. The van der Waals surface area contributed by atoms with Crippen molar-refractivity contribution >= 4 is 17.9 Å². The Bertz CT molecular complexity index is 814. The summed E-state index contributed by atoms with van der Waals surface area (Å²) >= 11 is 0. The van der Waals surface area contributed by atoms with Crippen molar-refractivity contribution in [3.8, 4) is 17.2 Å². The molecular formula is C21H24N2O5. The van der Waals surface area contributed by atoms with Crippen LogP contribution in [-0.2, 0) is 4.79 Å². The lowest BCUT2D eigenvalue weighted by Gasteiger charge is -2.36. The molecule has 0 atom stereocenters. The van der Waals surface area contributed by atoms with E-state index < -0.39 is 0 Å². The molecule has 0 aromatic heterocycles. The first kappa shape index (κ1) is 19.5. The van der Waals surface area contributed by atoms with Crippen molar-refractivity contribution in [2.45, 2.75) is 0 Å². The van der Waals surface area contributed by atoms with Crippen LogP contribution in [0.5, 0.6) is 17.2 Å². The van der Waals surface area contributed by atoms with Gasteiger partial charge in [-0.3, -0.25) is 9.59 Å². The maximum absolute atomic E-state index is 12.5. The van der Waals surface area contributed by atoms with Crippen LogP contribution in [0.3, 0.4) is 0 Å². The van der Waals surface area contributed by atoms with Gasteiger partial charge in [-0.25, -0.2) is 0 Å². The van der Waals surface area contributed by atoms with Gasteiger partial charge in [-0.05, 0) is 42.5 Å². The third-order valence-corrected chi connectivity index (χ3v) is 4.74. The standard InChI is InChI=1S/C21H24N2O5/c1-26-18-6-4-17(5-7-18)22-9-11-23(12-10-22)21(25)15-28-20-13-16(14-24)3-8-19(20)27-2/h3-8,13-14H,9-12,15H2,1-2H3. The first-order valence-corrected chi connectivity index (χ1v) is 9.07. The van der Waals surface area contributed by atoms with E-state index in [9.17, 15) is 9.59 Å². The highest BCUT2D eigenvalue weighted by Gasteiger charge is 2.22. The molecule has 2 aromatic rings. The Hall–Kier alpha value is -3.22. The van der Waals surface area contributed by atoms with Gasteiger partial charge < -0.3 is 24.0 Å². The summed E-state index contributed by atoms with van der Waals surface area (Å²) in [6, 6.07) is 12.8. The van der Waals surface area contributed by atoms with E-state index in [0.717, 1.165) is 30.8 Å². The SMILES string of the molecule is COc1ccc(N2CCN(C(=O)COc3cc(C=O)ccc3OC)CC2)cc1. The molecule has 1 saturated heterocycles. The average molecular weight is 384 g/mol. The van der Waals surface area contributed by atoms with Crippen LogP contribution in [0.25, 0.3) is 0 Å². The van der Waals surface area contributed by atoms with Crippen LogP contribution in [0.4, 0.5) is 5.69 Å². The summed E-state index contributed by atoms with van der Waals surface area (Å²) in [5.41, 5.74) is 1.58. The molecule has 0 N–H and O–H groups in total. The van der Waals surface area contributed by atoms with Crippen LogP contribution in [-0.4, -0.2) is 64.1 Å². The predicted octanol–water partition coefficient (Wildman–Crippen LogP) is 2.24. The van der Waals surface area contributed by atoms with Gasteiger partial charge in [0.05, 0.1) is 14.2 Å². The zero-order valence-corrected chi connectivity index (χ0v) is 16.1. The highest BCUT2D eigenvalue weighted by Crippen LogP contribution is 2.27. The Labute approximate surface area is 164 Å². The fraction of sp³-hybridized carbons (Fsp3) is 0.333. The molecule has 1 fully saturated rings. The second kappa shape index (κ2) is 9.12. The highest BCUT2D eigenvalue weighted by molar-refractivity contribution is 5.79. The molecule has 0 spiro atoms. The van der Waals surface area contributed by atoms with Gasteiger partial charge in [-0.15, -0.1) is 0 Å². The summed E-state index contributed by atoms with van der Waals surface area (Å²) in [5.74, 6) is 1.61. The van der Waals surface area contributed by atoms with Crippen molar-refractivity contribution < 1.29 is 23.8 Å². The number of carbonyl (C=O) groups is 2. The molecule has 1 aliphatic heterocycles. The molecule has 0 saturated carbocycles. The zero-order valence-electron chi connectivity index (χ0n) is 16.1. The van der Waals surface area contributed by atoms with Gasteiger partial charge in [0, 0.05) is 37.4 Å². The molecule has 0 unspecified atom stereocenters. The van der Waals surface area contributed by atoms with E-state index in [2.05, 4.69) is 4.90 Å². The molecule has 1 heterocycles. The van der Waals surface area contributed by atoms with E-state index in [-0.39, 0.29) is 12.5 Å². The minimum atomic E-state index is -0.0960. The molecule has 0 radical (unpaired) electrons. The lowest BCUT2D eigenvalue weighted by molar-refractivity contribution is -0.133. The quantitative estimate of drug-likeness (QED) is 0.682. The van der Waals surface area contributed by atoms with Crippen molar-refractivity contribution in [3.05, 3.63) is 48.0 Å². The van der Waals surface area contributed by atoms with Gasteiger partial charge in [0.1, 0.15) is 12.0 Å². The molecule has 3 rings (SSSR count). The van der Waals surface area contributed by atoms with E-state index in [1.54, 1.807) is 30.2 Å². The molecule has 2 aromatic carbocycles. The predicted molar refractivity (Wildman–Crippen MR) is 106 cm³/mol.